The van der Waals surface area contributed by atoms with Crippen molar-refractivity contribution in [1.82, 2.24) is 5.32 Å². The predicted octanol–water partition coefficient (Wildman–Crippen LogP) is 9.89. The normalized spacial score (nSPS) is 13.1. The lowest BCUT2D eigenvalue weighted by molar-refractivity contribution is -0.147. The Morgan fingerprint density at radius 3 is 1.85 bits per heavy atom. The molecule has 4 N–H and O–H groups in total. The van der Waals surface area contributed by atoms with Crippen molar-refractivity contribution in [2.24, 2.45) is 5.73 Å². The molecule has 7 heteroatoms. The third kappa shape index (κ3) is 30.3. The van der Waals surface area contributed by atoms with E-state index in [1.54, 1.807) is 0 Å². The second-order valence-electron chi connectivity index (χ2n) is 12.6. The number of ether oxygens (including phenoxy) is 1. The Labute approximate surface area is 282 Å². The number of hydrogen-bond acceptors (Lipinski definition) is 5. The van der Waals surface area contributed by atoms with Crippen molar-refractivity contribution < 1.29 is 24.2 Å². The van der Waals surface area contributed by atoms with Gasteiger partial charge in [-0.15, -0.1) is 0 Å². The van der Waals surface area contributed by atoms with Crippen molar-refractivity contribution in [3.63, 3.8) is 0 Å². The highest BCUT2D eigenvalue weighted by molar-refractivity contribution is 5.83. The van der Waals surface area contributed by atoms with Gasteiger partial charge in [-0.3, -0.25) is 9.59 Å². The van der Waals surface area contributed by atoms with Crippen LogP contribution in [0.3, 0.4) is 0 Å². The molecule has 0 aliphatic heterocycles. The molecule has 0 aliphatic carbocycles. The maximum absolute atomic E-state index is 12.6. The van der Waals surface area contributed by atoms with Gasteiger partial charge in [0.15, 0.2) is 0 Å². The minimum Gasteiger partial charge on any atom is -0.480 e. The summed E-state index contributed by atoms with van der Waals surface area (Å²) in [6.45, 7) is 4.81. The number of carbonyl (C=O) groups is 3. The molecule has 0 bridgehead atoms. The molecule has 0 saturated heterocycles. The van der Waals surface area contributed by atoms with Gasteiger partial charge in [0.2, 0.25) is 5.91 Å². The van der Waals surface area contributed by atoms with E-state index >= 15 is 0 Å². The van der Waals surface area contributed by atoms with E-state index in [9.17, 15) is 19.5 Å². The van der Waals surface area contributed by atoms with E-state index in [0.29, 0.717) is 38.6 Å². The van der Waals surface area contributed by atoms with Gasteiger partial charge in [0.05, 0.1) is 0 Å². The number of hydrogen-bond donors (Lipinski definition) is 3. The molecule has 0 spiro atoms. The summed E-state index contributed by atoms with van der Waals surface area (Å²) in [6.07, 6.45) is 37.9. The molecule has 0 aromatic heterocycles. The Hall–Kier alpha value is -2.41. The molecule has 1 amide bonds. The van der Waals surface area contributed by atoms with Crippen LogP contribution >= 0.6 is 0 Å². The molecule has 7 nitrogen and oxygen atoms in total. The van der Waals surface area contributed by atoms with Crippen molar-refractivity contribution in [2.45, 2.75) is 187 Å². The van der Waals surface area contributed by atoms with Gasteiger partial charge in [-0.05, 0) is 89.7 Å². The van der Waals surface area contributed by atoms with E-state index in [1.807, 2.05) is 0 Å². The van der Waals surface area contributed by atoms with E-state index in [-0.39, 0.29) is 18.0 Å². The van der Waals surface area contributed by atoms with Crippen LogP contribution in [0.2, 0.25) is 0 Å². The Morgan fingerprint density at radius 1 is 0.652 bits per heavy atom. The van der Waals surface area contributed by atoms with Gasteiger partial charge in [-0.25, -0.2) is 4.79 Å². The maximum Gasteiger partial charge on any atom is 0.326 e. The maximum atomic E-state index is 12.6. The van der Waals surface area contributed by atoms with Crippen LogP contribution in [0.15, 0.2) is 36.5 Å². The minimum atomic E-state index is -1.02. The van der Waals surface area contributed by atoms with E-state index < -0.39 is 12.0 Å². The van der Waals surface area contributed by atoms with Gasteiger partial charge in [0, 0.05) is 12.8 Å². The fourth-order valence-electron chi connectivity index (χ4n) is 5.26. The summed E-state index contributed by atoms with van der Waals surface area (Å²) in [5.41, 5.74) is 5.46. The summed E-state index contributed by atoms with van der Waals surface area (Å²) in [5.74, 6) is -1.35. The monoisotopic (exact) mass is 647 g/mol. The molecule has 2 unspecified atom stereocenters. The second kappa shape index (κ2) is 33.9. The van der Waals surface area contributed by atoms with E-state index in [2.05, 4.69) is 55.6 Å². The molecular weight excluding hydrogens is 576 g/mol. The number of allylic oxidation sites excluding steroid dienone is 5. The summed E-state index contributed by atoms with van der Waals surface area (Å²) in [7, 11) is 0. The van der Waals surface area contributed by atoms with Crippen molar-refractivity contribution in [3.05, 3.63) is 36.5 Å². The Bertz CT molecular complexity index is 823. The zero-order valence-electron chi connectivity index (χ0n) is 29.7. The highest BCUT2D eigenvalue weighted by Crippen LogP contribution is 2.15. The van der Waals surface area contributed by atoms with Crippen molar-refractivity contribution in [2.75, 3.05) is 6.54 Å². The average molecular weight is 647 g/mol. The first kappa shape index (κ1) is 43.6. The first-order valence-corrected chi connectivity index (χ1v) is 18.8. The van der Waals surface area contributed by atoms with Crippen molar-refractivity contribution in [3.8, 4) is 0 Å². The van der Waals surface area contributed by atoms with E-state index in [0.717, 1.165) is 64.2 Å². The zero-order chi connectivity index (χ0) is 33.9. The largest absolute Gasteiger partial charge is 0.480 e. The fraction of sp³-hybridized carbons (Fsp3) is 0.769. The van der Waals surface area contributed by atoms with Gasteiger partial charge in [-0.2, -0.15) is 0 Å². The van der Waals surface area contributed by atoms with Crippen LogP contribution in [0.4, 0.5) is 0 Å². The number of carbonyl (C=O) groups excluding carboxylic acids is 2. The summed E-state index contributed by atoms with van der Waals surface area (Å²) in [4.78, 5) is 36.0. The van der Waals surface area contributed by atoms with Gasteiger partial charge in [0.1, 0.15) is 12.1 Å². The molecule has 0 aliphatic rings. The third-order valence-corrected chi connectivity index (χ3v) is 8.16. The number of rotatable bonds is 33. The topological polar surface area (TPSA) is 119 Å². The fourth-order valence-corrected chi connectivity index (χ4v) is 5.26. The molecular formula is C39H70N2O5. The smallest absolute Gasteiger partial charge is 0.326 e. The number of unbranched alkanes of at least 4 members (excludes halogenated alkanes) is 15. The average Bonchev–Trinajstić information content (AvgIpc) is 3.04. The number of amides is 1. The van der Waals surface area contributed by atoms with Crippen LogP contribution in [0, 0.1) is 0 Å². The van der Waals surface area contributed by atoms with Crippen LogP contribution in [-0.4, -0.2) is 41.6 Å². The molecule has 0 aromatic carbocycles. The van der Waals surface area contributed by atoms with Gasteiger partial charge in [-0.1, -0.05) is 115 Å². The molecule has 0 saturated carbocycles. The Kier molecular flexibility index (Phi) is 32.2. The number of carboxylic acids is 1. The first-order chi connectivity index (χ1) is 22.4. The molecule has 46 heavy (non-hydrogen) atoms. The van der Waals surface area contributed by atoms with Gasteiger partial charge >= 0.3 is 11.9 Å². The van der Waals surface area contributed by atoms with Crippen molar-refractivity contribution >= 4 is 17.8 Å². The predicted molar refractivity (Wildman–Crippen MR) is 193 cm³/mol. The number of esters is 1. The van der Waals surface area contributed by atoms with Crippen LogP contribution in [0.25, 0.3) is 0 Å². The Balaban J connectivity index is 4.06. The number of aliphatic carboxylic acids is 1. The quantitative estimate of drug-likeness (QED) is 0.0371. The van der Waals surface area contributed by atoms with Crippen LogP contribution < -0.4 is 11.1 Å². The van der Waals surface area contributed by atoms with Crippen LogP contribution in [-0.2, 0) is 19.1 Å². The highest BCUT2D eigenvalue weighted by Gasteiger charge is 2.19. The number of carboxylic acid groups (broad SMARTS) is 1. The van der Waals surface area contributed by atoms with Gasteiger partial charge < -0.3 is 20.9 Å². The molecule has 266 valence electrons. The standard InChI is InChI=1S/C39H70N2O5/c1-3-5-7-9-10-11-12-13-14-15-16-17-18-19-20-21-27-33-38(43)46-35(29-24-8-6-4-2)30-25-22-23-26-32-37(42)41-36(39(44)45)31-28-34-40/h10-11,13-14,24,29,35-36H,3-9,12,15-23,25-28,30-34,40H2,1-2H3,(H,41,42)(H,44,45)/b11-10-,14-13-,29-24-. The molecule has 0 radical (unpaired) electrons. The summed E-state index contributed by atoms with van der Waals surface area (Å²) in [6, 6.07) is -0.869. The van der Waals surface area contributed by atoms with Crippen LogP contribution in [0.1, 0.15) is 174 Å². The van der Waals surface area contributed by atoms with E-state index in [4.69, 9.17) is 10.5 Å². The molecule has 0 rings (SSSR count). The van der Waals surface area contributed by atoms with Gasteiger partial charge in [0.25, 0.3) is 0 Å². The second-order valence-corrected chi connectivity index (χ2v) is 12.6. The highest BCUT2D eigenvalue weighted by atomic mass is 16.5. The van der Waals surface area contributed by atoms with Crippen molar-refractivity contribution in [1.29, 1.82) is 0 Å². The van der Waals surface area contributed by atoms with E-state index in [1.165, 1.54) is 64.2 Å². The first-order valence-electron chi connectivity index (χ1n) is 18.8. The third-order valence-electron chi connectivity index (χ3n) is 8.16. The summed E-state index contributed by atoms with van der Waals surface area (Å²) in [5, 5.41) is 11.9. The zero-order valence-corrected chi connectivity index (χ0v) is 29.7. The summed E-state index contributed by atoms with van der Waals surface area (Å²) >= 11 is 0. The molecule has 0 heterocycles. The lowest BCUT2D eigenvalue weighted by Crippen LogP contribution is -2.40. The number of nitrogens with two attached hydrogens (primary N) is 1. The number of nitrogens with one attached hydrogen (secondary N) is 1. The Morgan fingerprint density at radius 2 is 1.22 bits per heavy atom. The molecule has 0 fully saturated rings. The summed E-state index contributed by atoms with van der Waals surface area (Å²) < 4.78 is 5.84. The lowest BCUT2D eigenvalue weighted by atomic mass is 10.1. The lowest BCUT2D eigenvalue weighted by Gasteiger charge is -2.15. The molecule has 0 aromatic rings. The SMILES string of the molecule is CCCC/C=C\C(CCCCCCC(=O)NC(CCCN)C(=O)O)OC(=O)CCCCCCCCC/C=C\C/C=C\CCCCC. The van der Waals surface area contributed by atoms with Crippen LogP contribution in [0.5, 0.6) is 0 Å². The molecule has 2 atom stereocenters. The minimum absolute atomic E-state index is 0.105.